The fourth-order valence-electron chi connectivity index (χ4n) is 3.11. The molecule has 0 saturated heterocycles. The molecule has 30 heavy (non-hydrogen) atoms. The molecule has 0 unspecified atom stereocenters. The predicted octanol–water partition coefficient (Wildman–Crippen LogP) is 5.49. The molecule has 1 heterocycles. The van der Waals surface area contributed by atoms with E-state index in [2.05, 4.69) is 10.3 Å². The Morgan fingerprint density at radius 2 is 1.87 bits per heavy atom. The van der Waals surface area contributed by atoms with E-state index in [-0.39, 0.29) is 24.2 Å². The molecular formula is C23H19ClN2O4. The monoisotopic (exact) mass is 422 g/mol. The van der Waals surface area contributed by atoms with Crippen LogP contribution in [-0.2, 0) is 4.79 Å². The van der Waals surface area contributed by atoms with Gasteiger partial charge in [-0.05, 0) is 67.4 Å². The van der Waals surface area contributed by atoms with Crippen LogP contribution in [0.1, 0.15) is 11.1 Å². The number of rotatable bonds is 5. The Morgan fingerprint density at radius 1 is 1.13 bits per heavy atom. The number of nitrogens with one attached hydrogen (secondary N) is 1. The highest BCUT2D eigenvalue weighted by molar-refractivity contribution is 6.32. The molecule has 0 aliphatic carbocycles. The van der Waals surface area contributed by atoms with Crippen LogP contribution in [0, 0.1) is 13.8 Å². The zero-order chi connectivity index (χ0) is 21.3. The number of aromatic hydroxyl groups is 1. The highest BCUT2D eigenvalue weighted by Gasteiger charge is 2.14. The molecule has 0 spiro atoms. The van der Waals surface area contributed by atoms with Crippen LogP contribution in [0.4, 0.5) is 5.69 Å². The molecule has 0 aliphatic heterocycles. The maximum absolute atomic E-state index is 12.3. The molecule has 3 aromatic carbocycles. The van der Waals surface area contributed by atoms with Gasteiger partial charge in [-0.1, -0.05) is 23.7 Å². The van der Waals surface area contributed by atoms with Gasteiger partial charge in [-0.2, -0.15) is 0 Å². The summed E-state index contributed by atoms with van der Waals surface area (Å²) in [6.07, 6.45) is 0. The van der Waals surface area contributed by atoms with Crippen molar-refractivity contribution in [1.82, 2.24) is 4.98 Å². The van der Waals surface area contributed by atoms with Crippen molar-refractivity contribution in [2.24, 2.45) is 0 Å². The van der Waals surface area contributed by atoms with Gasteiger partial charge < -0.3 is 19.6 Å². The first-order valence-corrected chi connectivity index (χ1v) is 9.67. The highest BCUT2D eigenvalue weighted by Crippen LogP contribution is 2.33. The van der Waals surface area contributed by atoms with Crippen LogP contribution in [0.3, 0.4) is 0 Å². The van der Waals surface area contributed by atoms with Crippen LogP contribution in [0.15, 0.2) is 59.0 Å². The number of carbonyl (C=O) groups is 1. The van der Waals surface area contributed by atoms with Crippen molar-refractivity contribution >= 4 is 34.3 Å². The molecule has 0 aliphatic rings. The third-order valence-electron chi connectivity index (χ3n) is 4.58. The van der Waals surface area contributed by atoms with E-state index in [9.17, 15) is 9.90 Å². The number of benzene rings is 3. The minimum atomic E-state index is -0.338. The van der Waals surface area contributed by atoms with Gasteiger partial charge in [0.25, 0.3) is 5.91 Å². The number of para-hydroxylation sites is 2. The Morgan fingerprint density at radius 3 is 2.60 bits per heavy atom. The summed E-state index contributed by atoms with van der Waals surface area (Å²) in [5.74, 6) is 0.507. The van der Waals surface area contributed by atoms with Crippen molar-refractivity contribution < 1.29 is 19.1 Å². The summed E-state index contributed by atoms with van der Waals surface area (Å²) in [6, 6.07) is 15.6. The van der Waals surface area contributed by atoms with Crippen molar-refractivity contribution in [3.8, 4) is 23.0 Å². The van der Waals surface area contributed by atoms with Gasteiger partial charge in [0.15, 0.2) is 12.2 Å². The topological polar surface area (TPSA) is 84.6 Å². The Labute approximate surface area is 178 Å². The number of hydrogen-bond donors (Lipinski definition) is 2. The number of aryl methyl sites for hydroxylation is 2. The molecule has 7 heteroatoms. The number of phenolic OH excluding ortho intramolecular Hbond substituents is 1. The number of phenols is 1. The maximum Gasteiger partial charge on any atom is 0.262 e. The van der Waals surface area contributed by atoms with Gasteiger partial charge in [0, 0.05) is 10.7 Å². The second kappa shape index (κ2) is 8.08. The summed E-state index contributed by atoms with van der Waals surface area (Å²) in [7, 11) is 0. The van der Waals surface area contributed by atoms with E-state index in [0.29, 0.717) is 33.1 Å². The number of ether oxygens (including phenoxy) is 1. The fraction of sp³-hybridized carbons (Fsp3) is 0.130. The molecule has 152 valence electrons. The average Bonchev–Trinajstić information content (AvgIpc) is 3.16. The molecule has 4 aromatic rings. The van der Waals surface area contributed by atoms with E-state index in [1.54, 1.807) is 30.3 Å². The zero-order valence-corrected chi connectivity index (χ0v) is 17.2. The van der Waals surface area contributed by atoms with Gasteiger partial charge in [-0.3, -0.25) is 4.79 Å². The lowest BCUT2D eigenvalue weighted by atomic mass is 10.1. The molecule has 0 bridgehead atoms. The van der Waals surface area contributed by atoms with Crippen molar-refractivity contribution in [2.45, 2.75) is 13.8 Å². The molecule has 0 radical (unpaired) electrons. The SMILES string of the molecule is Cc1cc(OCC(=O)Nc2ccc(O)c(-c3nc4ccccc4o3)c2)cc(C)c1Cl. The molecule has 2 N–H and O–H groups in total. The van der Waals surface area contributed by atoms with E-state index in [4.69, 9.17) is 20.8 Å². The van der Waals surface area contributed by atoms with Crippen LogP contribution in [0.25, 0.3) is 22.6 Å². The first-order valence-electron chi connectivity index (χ1n) is 9.29. The first-order chi connectivity index (χ1) is 14.4. The summed E-state index contributed by atoms with van der Waals surface area (Å²) in [5.41, 5.74) is 3.93. The van der Waals surface area contributed by atoms with Crippen molar-refractivity contribution in [3.63, 3.8) is 0 Å². The number of hydrogen-bond acceptors (Lipinski definition) is 5. The minimum absolute atomic E-state index is 0.00270. The van der Waals surface area contributed by atoms with Gasteiger partial charge in [0.05, 0.1) is 5.56 Å². The van der Waals surface area contributed by atoms with Crippen molar-refractivity contribution in [2.75, 3.05) is 11.9 Å². The van der Waals surface area contributed by atoms with E-state index >= 15 is 0 Å². The normalized spacial score (nSPS) is 10.9. The number of halogens is 1. The second-order valence-electron chi connectivity index (χ2n) is 6.93. The van der Waals surface area contributed by atoms with Crippen LogP contribution in [0.5, 0.6) is 11.5 Å². The number of oxazole rings is 1. The van der Waals surface area contributed by atoms with Crippen molar-refractivity contribution in [1.29, 1.82) is 0 Å². The fourth-order valence-corrected chi connectivity index (χ4v) is 3.22. The first kappa shape index (κ1) is 19.8. The Bertz CT molecular complexity index is 1190. The lowest BCUT2D eigenvalue weighted by molar-refractivity contribution is -0.118. The zero-order valence-electron chi connectivity index (χ0n) is 16.4. The van der Waals surface area contributed by atoms with Gasteiger partial charge in [0.1, 0.15) is 17.0 Å². The molecule has 4 rings (SSSR count). The van der Waals surface area contributed by atoms with E-state index < -0.39 is 0 Å². The third kappa shape index (κ3) is 4.09. The summed E-state index contributed by atoms with van der Waals surface area (Å²) in [4.78, 5) is 16.7. The van der Waals surface area contributed by atoms with Crippen molar-refractivity contribution in [3.05, 3.63) is 70.7 Å². The Kier molecular flexibility index (Phi) is 5.33. The summed E-state index contributed by atoms with van der Waals surface area (Å²) < 4.78 is 11.3. The van der Waals surface area contributed by atoms with Crippen LogP contribution in [-0.4, -0.2) is 22.6 Å². The number of anilines is 1. The molecule has 6 nitrogen and oxygen atoms in total. The highest BCUT2D eigenvalue weighted by atomic mass is 35.5. The number of nitrogens with zero attached hydrogens (tertiary/aromatic N) is 1. The second-order valence-corrected chi connectivity index (χ2v) is 7.30. The summed E-state index contributed by atoms with van der Waals surface area (Å²) >= 11 is 6.16. The standard InChI is InChI=1S/C23H19ClN2O4/c1-13-9-16(10-14(2)22(13)24)29-12-21(28)25-15-7-8-19(27)17(11-15)23-26-18-5-3-4-6-20(18)30-23/h3-11,27H,12H2,1-2H3,(H,25,28). The number of aromatic nitrogens is 1. The largest absolute Gasteiger partial charge is 0.507 e. The van der Waals surface area contributed by atoms with E-state index in [1.807, 2.05) is 32.0 Å². The van der Waals surface area contributed by atoms with Crippen LogP contribution >= 0.6 is 11.6 Å². The van der Waals surface area contributed by atoms with E-state index in [1.165, 1.54) is 6.07 Å². The van der Waals surface area contributed by atoms with Crippen LogP contribution in [0.2, 0.25) is 5.02 Å². The molecule has 0 saturated carbocycles. The number of carbonyl (C=O) groups excluding carboxylic acids is 1. The van der Waals surface area contributed by atoms with Crippen LogP contribution < -0.4 is 10.1 Å². The third-order valence-corrected chi connectivity index (χ3v) is 5.18. The molecule has 1 aromatic heterocycles. The van der Waals surface area contributed by atoms with E-state index in [0.717, 1.165) is 11.1 Å². The molecule has 0 fully saturated rings. The quantitative estimate of drug-likeness (QED) is 0.415. The summed E-state index contributed by atoms with van der Waals surface area (Å²) in [6.45, 7) is 3.60. The summed E-state index contributed by atoms with van der Waals surface area (Å²) in [5, 5.41) is 13.7. The lowest BCUT2D eigenvalue weighted by Crippen LogP contribution is -2.20. The van der Waals surface area contributed by atoms with Gasteiger partial charge in [-0.25, -0.2) is 4.98 Å². The average molecular weight is 423 g/mol. The minimum Gasteiger partial charge on any atom is -0.507 e. The van der Waals surface area contributed by atoms with Gasteiger partial charge in [0.2, 0.25) is 5.89 Å². The smallest absolute Gasteiger partial charge is 0.262 e. The molecular weight excluding hydrogens is 404 g/mol. The van der Waals surface area contributed by atoms with Gasteiger partial charge >= 0.3 is 0 Å². The molecule has 0 atom stereocenters. The predicted molar refractivity (Wildman–Crippen MR) is 116 cm³/mol. The maximum atomic E-state index is 12.3. The Hall–Kier alpha value is -3.51. The number of fused-ring (bicyclic) bond motifs is 1. The molecule has 1 amide bonds. The number of amides is 1. The Balaban J connectivity index is 1.48. The van der Waals surface area contributed by atoms with Gasteiger partial charge in [-0.15, -0.1) is 0 Å². The lowest BCUT2D eigenvalue weighted by Gasteiger charge is -2.11.